The lowest BCUT2D eigenvalue weighted by Crippen LogP contribution is -2.53. The zero-order chi connectivity index (χ0) is 16.3. The van der Waals surface area contributed by atoms with Gasteiger partial charge in [0.1, 0.15) is 0 Å². The number of amides is 2. The molecule has 2 fully saturated rings. The molecule has 1 aromatic carbocycles. The van der Waals surface area contributed by atoms with Crippen molar-refractivity contribution < 1.29 is 14.7 Å². The fourth-order valence-electron chi connectivity index (χ4n) is 3.56. The summed E-state index contributed by atoms with van der Waals surface area (Å²) in [5.41, 5.74) is 3.60. The minimum atomic E-state index is -0.408. The Hall–Kier alpha value is -1.88. The van der Waals surface area contributed by atoms with Gasteiger partial charge in [0.25, 0.3) is 11.8 Å². The Balaban J connectivity index is 1.72. The summed E-state index contributed by atoms with van der Waals surface area (Å²) in [4.78, 5) is 28.8. The fraction of sp³-hybridized carbons (Fsp3) is 0.556. The van der Waals surface area contributed by atoms with Crippen LogP contribution in [0, 0.1) is 0 Å². The lowest BCUT2D eigenvalue weighted by molar-refractivity contribution is 0.00588. The van der Waals surface area contributed by atoms with Gasteiger partial charge in [0.15, 0.2) is 0 Å². The first-order valence-corrected chi connectivity index (χ1v) is 8.41. The van der Waals surface area contributed by atoms with E-state index in [1.165, 1.54) is 5.56 Å². The molecule has 4 rings (SSSR count). The van der Waals surface area contributed by atoms with Crippen LogP contribution < -0.4 is 0 Å². The second-order valence-corrected chi connectivity index (χ2v) is 7.26. The number of aliphatic hydroxyl groups is 1. The van der Waals surface area contributed by atoms with E-state index in [1.54, 1.807) is 11.0 Å². The molecule has 0 atom stereocenters. The number of aliphatic hydroxyl groups excluding tert-OH is 1. The molecule has 1 N–H and O–H groups in total. The van der Waals surface area contributed by atoms with Gasteiger partial charge in [-0.3, -0.25) is 9.59 Å². The second kappa shape index (κ2) is 5.06. The molecule has 5 heteroatoms. The van der Waals surface area contributed by atoms with Crippen LogP contribution in [0.15, 0.2) is 12.1 Å². The molecule has 1 aliphatic carbocycles. The SMILES string of the molecule is CC(C)N1Cc2c(cc(C(=O)N3CC(O)C3)cc2C2CC2)C1=O. The number of benzene rings is 1. The molecule has 1 saturated heterocycles. The first kappa shape index (κ1) is 14.7. The zero-order valence-electron chi connectivity index (χ0n) is 13.6. The first-order chi connectivity index (χ1) is 11.0. The molecule has 0 unspecified atom stereocenters. The molecule has 1 saturated carbocycles. The van der Waals surface area contributed by atoms with E-state index in [0.717, 1.165) is 18.4 Å². The average Bonchev–Trinajstić information content (AvgIpc) is 3.27. The Morgan fingerprint density at radius 3 is 2.52 bits per heavy atom. The predicted octanol–water partition coefficient (Wildman–Crippen LogP) is 1.74. The molecule has 23 heavy (non-hydrogen) atoms. The number of rotatable bonds is 3. The normalized spacial score (nSPS) is 21.0. The Morgan fingerprint density at radius 2 is 1.96 bits per heavy atom. The molecule has 3 aliphatic rings. The van der Waals surface area contributed by atoms with Gasteiger partial charge in [-0.25, -0.2) is 0 Å². The third-order valence-corrected chi connectivity index (χ3v) is 5.14. The summed E-state index contributed by atoms with van der Waals surface area (Å²) in [6.07, 6.45) is 1.87. The minimum Gasteiger partial charge on any atom is -0.389 e. The van der Waals surface area contributed by atoms with Gasteiger partial charge in [-0.05, 0) is 55.9 Å². The quantitative estimate of drug-likeness (QED) is 0.924. The molecule has 5 nitrogen and oxygen atoms in total. The number of hydrogen-bond donors (Lipinski definition) is 1. The molecule has 1 aromatic rings. The molecular weight excluding hydrogens is 292 g/mol. The lowest BCUT2D eigenvalue weighted by Gasteiger charge is -2.36. The third kappa shape index (κ3) is 2.34. The zero-order valence-corrected chi connectivity index (χ0v) is 13.6. The van der Waals surface area contributed by atoms with Crippen LogP contribution in [-0.2, 0) is 6.54 Å². The van der Waals surface area contributed by atoms with Crippen LogP contribution >= 0.6 is 0 Å². The highest BCUT2D eigenvalue weighted by Gasteiger charge is 2.38. The molecule has 0 spiro atoms. The van der Waals surface area contributed by atoms with Crippen molar-refractivity contribution in [2.24, 2.45) is 0 Å². The van der Waals surface area contributed by atoms with Gasteiger partial charge in [0.05, 0.1) is 6.10 Å². The lowest BCUT2D eigenvalue weighted by atomic mass is 9.95. The summed E-state index contributed by atoms with van der Waals surface area (Å²) in [5, 5.41) is 9.41. The van der Waals surface area contributed by atoms with E-state index in [0.29, 0.717) is 36.7 Å². The fourth-order valence-corrected chi connectivity index (χ4v) is 3.56. The van der Waals surface area contributed by atoms with Crippen LogP contribution in [0.3, 0.4) is 0 Å². The van der Waals surface area contributed by atoms with Crippen LogP contribution in [0.4, 0.5) is 0 Å². The van der Waals surface area contributed by atoms with Crippen molar-refractivity contribution in [3.63, 3.8) is 0 Å². The second-order valence-electron chi connectivity index (χ2n) is 7.26. The van der Waals surface area contributed by atoms with Crippen LogP contribution in [-0.4, -0.2) is 52.0 Å². The molecule has 2 heterocycles. The Bertz CT molecular complexity index is 688. The highest BCUT2D eigenvalue weighted by atomic mass is 16.3. The largest absolute Gasteiger partial charge is 0.389 e. The summed E-state index contributed by atoms with van der Waals surface area (Å²) in [6, 6.07) is 3.91. The van der Waals surface area contributed by atoms with Gasteiger partial charge in [0, 0.05) is 36.8 Å². The Morgan fingerprint density at radius 1 is 1.26 bits per heavy atom. The maximum Gasteiger partial charge on any atom is 0.254 e. The highest BCUT2D eigenvalue weighted by Crippen LogP contribution is 2.45. The molecular formula is C18H22N2O3. The summed E-state index contributed by atoms with van der Waals surface area (Å²) in [6.45, 7) is 5.48. The first-order valence-electron chi connectivity index (χ1n) is 8.41. The minimum absolute atomic E-state index is 0.0372. The Labute approximate surface area is 135 Å². The van der Waals surface area contributed by atoms with E-state index >= 15 is 0 Å². The van der Waals surface area contributed by atoms with E-state index in [9.17, 15) is 14.7 Å². The van der Waals surface area contributed by atoms with Crippen molar-refractivity contribution in [3.05, 3.63) is 34.4 Å². The number of hydrogen-bond acceptors (Lipinski definition) is 3. The van der Waals surface area contributed by atoms with Crippen molar-refractivity contribution >= 4 is 11.8 Å². The maximum atomic E-state index is 12.7. The van der Waals surface area contributed by atoms with Gasteiger partial charge >= 0.3 is 0 Å². The summed E-state index contributed by atoms with van der Waals surface area (Å²) in [7, 11) is 0. The number of nitrogens with zero attached hydrogens (tertiary/aromatic N) is 2. The van der Waals surface area contributed by atoms with Crippen LogP contribution in [0.2, 0.25) is 0 Å². The van der Waals surface area contributed by atoms with Crippen molar-refractivity contribution in [3.8, 4) is 0 Å². The molecule has 0 aromatic heterocycles. The molecule has 0 bridgehead atoms. The number of likely N-dealkylation sites (tertiary alicyclic amines) is 1. The molecule has 0 radical (unpaired) electrons. The Kier molecular flexibility index (Phi) is 3.23. The summed E-state index contributed by atoms with van der Waals surface area (Å²) < 4.78 is 0. The van der Waals surface area contributed by atoms with E-state index in [2.05, 4.69) is 0 Å². The number of fused-ring (bicyclic) bond motifs is 1. The number of carbonyl (C=O) groups is 2. The van der Waals surface area contributed by atoms with Gasteiger partial charge in [-0.2, -0.15) is 0 Å². The van der Waals surface area contributed by atoms with Crippen molar-refractivity contribution in [2.75, 3.05) is 13.1 Å². The predicted molar refractivity (Wildman–Crippen MR) is 85.3 cm³/mol. The number of carbonyl (C=O) groups excluding carboxylic acids is 2. The van der Waals surface area contributed by atoms with Crippen molar-refractivity contribution in [1.29, 1.82) is 0 Å². The smallest absolute Gasteiger partial charge is 0.254 e. The van der Waals surface area contributed by atoms with Crippen LogP contribution in [0.1, 0.15) is 64.4 Å². The molecule has 2 aliphatic heterocycles. The van der Waals surface area contributed by atoms with Crippen LogP contribution in [0.5, 0.6) is 0 Å². The summed E-state index contributed by atoms with van der Waals surface area (Å²) >= 11 is 0. The average molecular weight is 314 g/mol. The maximum absolute atomic E-state index is 12.7. The van der Waals surface area contributed by atoms with Crippen molar-refractivity contribution in [2.45, 2.75) is 51.3 Å². The number of β-amino-alcohol motifs (C(OH)–C–C–N with tert-alkyl or cyclic N) is 1. The standard InChI is InChI=1S/C18H22N2O3/c1-10(2)20-9-16-14(11-3-4-11)5-12(6-15(16)18(20)23)17(22)19-7-13(21)8-19/h5-6,10-11,13,21H,3-4,7-9H2,1-2H3. The molecule has 2 amide bonds. The molecule has 122 valence electrons. The van der Waals surface area contributed by atoms with E-state index in [1.807, 2.05) is 24.8 Å². The van der Waals surface area contributed by atoms with Crippen molar-refractivity contribution in [1.82, 2.24) is 9.80 Å². The highest BCUT2D eigenvalue weighted by molar-refractivity contribution is 6.03. The monoisotopic (exact) mass is 314 g/mol. The van der Waals surface area contributed by atoms with Crippen LogP contribution in [0.25, 0.3) is 0 Å². The third-order valence-electron chi connectivity index (χ3n) is 5.14. The van der Waals surface area contributed by atoms with Gasteiger partial charge in [0.2, 0.25) is 0 Å². The van der Waals surface area contributed by atoms with Gasteiger partial charge in [-0.15, -0.1) is 0 Å². The van der Waals surface area contributed by atoms with E-state index in [-0.39, 0.29) is 17.9 Å². The summed E-state index contributed by atoms with van der Waals surface area (Å²) in [5.74, 6) is 0.462. The van der Waals surface area contributed by atoms with Gasteiger partial charge < -0.3 is 14.9 Å². The van der Waals surface area contributed by atoms with E-state index in [4.69, 9.17) is 0 Å². The van der Waals surface area contributed by atoms with E-state index < -0.39 is 6.10 Å². The van der Waals surface area contributed by atoms with Gasteiger partial charge in [-0.1, -0.05) is 0 Å². The topological polar surface area (TPSA) is 60.9 Å².